The minimum Gasteiger partial charge on any atom is -0.361 e. The molecule has 30 heavy (non-hydrogen) atoms. The number of nitrogens with one attached hydrogen (secondary N) is 2. The normalized spacial score (nSPS) is 14.6. The van der Waals surface area contributed by atoms with E-state index in [1.807, 2.05) is 30.6 Å². The summed E-state index contributed by atoms with van der Waals surface area (Å²) in [4.78, 5) is 15.3. The van der Waals surface area contributed by atoms with Gasteiger partial charge in [0.2, 0.25) is 0 Å². The first-order valence-electron chi connectivity index (χ1n) is 11.3. The number of aromatic amines is 1. The molecule has 0 amide bonds. The molecule has 3 aromatic rings. The van der Waals surface area contributed by atoms with Crippen LogP contribution in [-0.2, 0) is 6.42 Å². The number of rotatable bonds is 9. The Balaban J connectivity index is 1.49. The van der Waals surface area contributed by atoms with Crippen LogP contribution in [0.2, 0.25) is 0 Å². The molecule has 3 heterocycles. The summed E-state index contributed by atoms with van der Waals surface area (Å²) in [5.41, 5.74) is 5.32. The number of benzene rings is 1. The summed E-state index contributed by atoms with van der Waals surface area (Å²) in [5.74, 6) is 2.71. The Bertz CT molecular complexity index is 971. The van der Waals surface area contributed by atoms with Crippen LogP contribution in [0, 0.1) is 0 Å². The number of unbranched alkanes of at least 4 members (excludes halogenated alkanes) is 3. The minimum absolute atomic E-state index is 0.771. The van der Waals surface area contributed by atoms with Crippen molar-refractivity contribution in [2.24, 2.45) is 5.10 Å². The van der Waals surface area contributed by atoms with E-state index in [0.717, 1.165) is 59.9 Å². The summed E-state index contributed by atoms with van der Waals surface area (Å²) in [6.07, 6.45) is 13.4. The van der Waals surface area contributed by atoms with Crippen molar-refractivity contribution in [3.8, 4) is 0 Å². The third-order valence-corrected chi connectivity index (χ3v) is 5.70. The molecule has 2 aromatic heterocycles. The van der Waals surface area contributed by atoms with E-state index in [-0.39, 0.29) is 0 Å². The number of H-pyrrole nitrogens is 1. The molecule has 0 spiro atoms. The lowest BCUT2D eigenvalue weighted by atomic mass is 10.1. The minimum atomic E-state index is 0.771. The monoisotopic (exact) mass is 404 g/mol. The van der Waals surface area contributed by atoms with E-state index < -0.39 is 0 Å². The molecule has 6 nitrogen and oxygen atoms in total. The van der Waals surface area contributed by atoms with Crippen LogP contribution in [0.3, 0.4) is 0 Å². The molecule has 0 unspecified atom stereocenters. The second-order valence-corrected chi connectivity index (χ2v) is 8.05. The summed E-state index contributed by atoms with van der Waals surface area (Å²) in [7, 11) is 0. The number of hydrogen-bond acceptors (Lipinski definition) is 5. The van der Waals surface area contributed by atoms with Gasteiger partial charge in [0.15, 0.2) is 5.82 Å². The number of aryl methyl sites for hydroxylation is 1. The molecule has 6 heteroatoms. The van der Waals surface area contributed by atoms with Gasteiger partial charge in [-0.05, 0) is 31.7 Å². The van der Waals surface area contributed by atoms with Crippen LogP contribution in [0.25, 0.3) is 10.9 Å². The van der Waals surface area contributed by atoms with Crippen LogP contribution in [0.1, 0.15) is 63.3 Å². The second-order valence-electron chi connectivity index (χ2n) is 8.05. The molecule has 0 radical (unpaired) electrons. The fourth-order valence-corrected chi connectivity index (χ4v) is 4.02. The predicted molar refractivity (Wildman–Crippen MR) is 125 cm³/mol. The maximum Gasteiger partial charge on any atom is 0.152 e. The molecular formula is C24H32N6. The first kappa shape index (κ1) is 20.4. The van der Waals surface area contributed by atoms with Crippen molar-refractivity contribution in [3.63, 3.8) is 0 Å². The van der Waals surface area contributed by atoms with E-state index in [4.69, 9.17) is 9.97 Å². The van der Waals surface area contributed by atoms with E-state index in [0.29, 0.717) is 0 Å². The van der Waals surface area contributed by atoms with Crippen LogP contribution in [-0.4, -0.2) is 34.3 Å². The molecule has 1 aliphatic heterocycles. The lowest BCUT2D eigenvalue weighted by Crippen LogP contribution is -2.30. The summed E-state index contributed by atoms with van der Waals surface area (Å²) >= 11 is 0. The van der Waals surface area contributed by atoms with Gasteiger partial charge in [-0.15, -0.1) is 0 Å². The Labute approximate surface area is 178 Å². The third kappa shape index (κ3) is 5.17. The smallest absolute Gasteiger partial charge is 0.152 e. The van der Waals surface area contributed by atoms with Crippen molar-refractivity contribution in [1.29, 1.82) is 0 Å². The van der Waals surface area contributed by atoms with Crippen molar-refractivity contribution in [3.05, 3.63) is 47.9 Å². The summed E-state index contributed by atoms with van der Waals surface area (Å²) in [6.45, 7) is 4.38. The average Bonchev–Trinajstić information content (AvgIpc) is 3.20. The van der Waals surface area contributed by atoms with E-state index in [9.17, 15) is 0 Å². The van der Waals surface area contributed by atoms with Crippen LogP contribution in [0.5, 0.6) is 0 Å². The summed E-state index contributed by atoms with van der Waals surface area (Å²) in [6, 6.07) is 10.3. The number of piperidine rings is 1. The molecule has 158 valence electrons. The van der Waals surface area contributed by atoms with Crippen molar-refractivity contribution in [2.45, 2.75) is 58.3 Å². The summed E-state index contributed by atoms with van der Waals surface area (Å²) < 4.78 is 0. The standard InChI is InChI=1S/C24H32N6/c1-2-3-4-6-13-22-27-23(16-24(28-22)30-14-9-5-10-15-30)29-26-18-19-17-25-21-12-8-7-11-20(19)21/h7-8,11-12,16-18,25H,2-6,9-10,13-15H2,1H3,(H,27,28,29)/b26-18+. The molecule has 0 atom stereocenters. The van der Waals surface area contributed by atoms with Gasteiger partial charge in [-0.25, -0.2) is 9.97 Å². The van der Waals surface area contributed by atoms with Crippen LogP contribution in [0.15, 0.2) is 41.6 Å². The van der Waals surface area contributed by atoms with Gasteiger partial charge >= 0.3 is 0 Å². The van der Waals surface area contributed by atoms with Gasteiger partial charge in [-0.1, -0.05) is 44.4 Å². The van der Waals surface area contributed by atoms with Gasteiger partial charge in [-0.2, -0.15) is 5.10 Å². The number of para-hydroxylation sites is 1. The Kier molecular flexibility index (Phi) is 6.95. The summed E-state index contributed by atoms with van der Waals surface area (Å²) in [5, 5.41) is 5.63. The molecule has 0 aliphatic carbocycles. The van der Waals surface area contributed by atoms with E-state index in [1.165, 1.54) is 38.5 Å². The zero-order chi connectivity index (χ0) is 20.6. The maximum absolute atomic E-state index is 4.87. The lowest BCUT2D eigenvalue weighted by molar-refractivity contribution is 0.571. The van der Waals surface area contributed by atoms with E-state index in [2.05, 4.69) is 39.5 Å². The van der Waals surface area contributed by atoms with E-state index in [1.54, 1.807) is 0 Å². The van der Waals surface area contributed by atoms with Gasteiger partial charge in [0.1, 0.15) is 11.6 Å². The van der Waals surface area contributed by atoms with Gasteiger partial charge in [-0.3, -0.25) is 5.43 Å². The highest BCUT2D eigenvalue weighted by Gasteiger charge is 2.14. The zero-order valence-corrected chi connectivity index (χ0v) is 17.9. The number of hydrazone groups is 1. The average molecular weight is 405 g/mol. The maximum atomic E-state index is 4.87. The fourth-order valence-electron chi connectivity index (χ4n) is 4.02. The SMILES string of the molecule is CCCCCCc1nc(N/N=C/c2c[nH]c3ccccc23)cc(N2CCCCC2)n1. The first-order valence-corrected chi connectivity index (χ1v) is 11.3. The zero-order valence-electron chi connectivity index (χ0n) is 17.9. The molecule has 1 aromatic carbocycles. The number of hydrogen-bond donors (Lipinski definition) is 2. The van der Waals surface area contributed by atoms with Gasteiger partial charge in [0, 0.05) is 48.2 Å². The molecule has 1 aliphatic rings. The largest absolute Gasteiger partial charge is 0.361 e. The van der Waals surface area contributed by atoms with Crippen LogP contribution < -0.4 is 10.3 Å². The molecule has 4 rings (SSSR count). The van der Waals surface area contributed by atoms with Crippen molar-refractivity contribution in [2.75, 3.05) is 23.4 Å². The molecule has 2 N–H and O–H groups in total. The third-order valence-electron chi connectivity index (χ3n) is 5.70. The highest BCUT2D eigenvalue weighted by Crippen LogP contribution is 2.22. The highest BCUT2D eigenvalue weighted by atomic mass is 15.3. The van der Waals surface area contributed by atoms with E-state index >= 15 is 0 Å². The Morgan fingerprint density at radius 3 is 2.83 bits per heavy atom. The topological polar surface area (TPSA) is 69.2 Å². The highest BCUT2D eigenvalue weighted by molar-refractivity contribution is 5.99. The van der Waals surface area contributed by atoms with Crippen LogP contribution >= 0.6 is 0 Å². The first-order chi connectivity index (χ1) is 14.8. The molecule has 0 bridgehead atoms. The molecular weight excluding hydrogens is 372 g/mol. The second kappa shape index (κ2) is 10.2. The van der Waals surface area contributed by atoms with Gasteiger partial charge in [0.25, 0.3) is 0 Å². The number of nitrogens with zero attached hydrogens (tertiary/aromatic N) is 4. The predicted octanol–water partition coefficient (Wildman–Crippen LogP) is 5.52. The number of fused-ring (bicyclic) bond motifs is 1. The Morgan fingerprint density at radius 1 is 1.10 bits per heavy atom. The van der Waals surface area contributed by atoms with Crippen LogP contribution in [0.4, 0.5) is 11.6 Å². The Hall–Kier alpha value is -2.89. The Morgan fingerprint density at radius 2 is 1.97 bits per heavy atom. The lowest BCUT2D eigenvalue weighted by Gasteiger charge is -2.28. The van der Waals surface area contributed by atoms with Crippen molar-refractivity contribution < 1.29 is 0 Å². The molecule has 0 saturated carbocycles. The quantitative estimate of drug-likeness (QED) is 0.280. The van der Waals surface area contributed by atoms with Crippen molar-refractivity contribution in [1.82, 2.24) is 15.0 Å². The van der Waals surface area contributed by atoms with Gasteiger partial charge in [0.05, 0.1) is 6.21 Å². The molecule has 1 saturated heterocycles. The molecule has 1 fully saturated rings. The van der Waals surface area contributed by atoms with Gasteiger partial charge < -0.3 is 9.88 Å². The fraction of sp³-hybridized carbons (Fsp3) is 0.458. The number of anilines is 2. The number of aromatic nitrogens is 3. The van der Waals surface area contributed by atoms with Crippen molar-refractivity contribution >= 4 is 28.8 Å².